The SMILES string of the molecule is CC(N)C(OCc1ccccc1F)c1ccccc1. The summed E-state index contributed by atoms with van der Waals surface area (Å²) < 4.78 is 19.3. The monoisotopic (exact) mass is 259 g/mol. The number of halogens is 1. The summed E-state index contributed by atoms with van der Waals surface area (Å²) in [5, 5.41) is 0. The first-order valence-corrected chi connectivity index (χ1v) is 6.34. The number of nitrogens with two attached hydrogens (primary N) is 1. The van der Waals surface area contributed by atoms with Crippen LogP contribution in [0.3, 0.4) is 0 Å². The molecule has 100 valence electrons. The molecular formula is C16H18FNO. The molecule has 2 nitrogen and oxygen atoms in total. The third-order valence-corrected chi connectivity index (χ3v) is 2.98. The van der Waals surface area contributed by atoms with Crippen molar-refractivity contribution in [1.29, 1.82) is 0 Å². The summed E-state index contributed by atoms with van der Waals surface area (Å²) in [7, 11) is 0. The van der Waals surface area contributed by atoms with Crippen LogP contribution in [0.4, 0.5) is 4.39 Å². The van der Waals surface area contributed by atoms with E-state index in [9.17, 15) is 4.39 Å². The summed E-state index contributed by atoms with van der Waals surface area (Å²) in [6.45, 7) is 2.10. The van der Waals surface area contributed by atoms with Crippen LogP contribution in [0.1, 0.15) is 24.2 Å². The molecule has 0 heterocycles. The Morgan fingerprint density at radius 3 is 2.32 bits per heavy atom. The Kier molecular flexibility index (Phi) is 4.66. The van der Waals surface area contributed by atoms with Crippen molar-refractivity contribution < 1.29 is 9.13 Å². The lowest BCUT2D eigenvalue weighted by Crippen LogP contribution is -2.27. The second-order valence-electron chi connectivity index (χ2n) is 4.59. The smallest absolute Gasteiger partial charge is 0.128 e. The molecule has 2 rings (SSSR count). The fourth-order valence-corrected chi connectivity index (χ4v) is 1.99. The van der Waals surface area contributed by atoms with E-state index in [0.29, 0.717) is 5.56 Å². The number of benzene rings is 2. The topological polar surface area (TPSA) is 35.2 Å². The van der Waals surface area contributed by atoms with Crippen molar-refractivity contribution in [2.75, 3.05) is 0 Å². The minimum atomic E-state index is -0.251. The molecule has 3 heteroatoms. The van der Waals surface area contributed by atoms with E-state index in [4.69, 9.17) is 10.5 Å². The molecule has 0 aromatic heterocycles. The molecule has 0 fully saturated rings. The molecule has 2 aromatic carbocycles. The molecule has 0 amide bonds. The predicted octanol–water partition coefficient (Wildman–Crippen LogP) is 3.43. The van der Waals surface area contributed by atoms with E-state index in [0.717, 1.165) is 5.56 Å². The highest BCUT2D eigenvalue weighted by Crippen LogP contribution is 2.22. The van der Waals surface area contributed by atoms with Crippen LogP contribution in [0.5, 0.6) is 0 Å². The molecule has 0 radical (unpaired) electrons. The molecule has 0 aliphatic rings. The quantitative estimate of drug-likeness (QED) is 0.892. The van der Waals surface area contributed by atoms with Gasteiger partial charge in [0.15, 0.2) is 0 Å². The van der Waals surface area contributed by atoms with Crippen molar-refractivity contribution in [2.45, 2.75) is 25.7 Å². The van der Waals surface area contributed by atoms with E-state index >= 15 is 0 Å². The summed E-state index contributed by atoms with van der Waals surface area (Å²) in [6, 6.07) is 16.2. The molecule has 0 saturated heterocycles. The lowest BCUT2D eigenvalue weighted by atomic mass is 10.0. The first kappa shape index (κ1) is 13.7. The number of hydrogen-bond acceptors (Lipinski definition) is 2. The largest absolute Gasteiger partial charge is 0.367 e. The van der Waals surface area contributed by atoms with E-state index in [2.05, 4.69) is 0 Å². The van der Waals surface area contributed by atoms with Crippen molar-refractivity contribution in [2.24, 2.45) is 5.73 Å². The summed E-state index contributed by atoms with van der Waals surface area (Å²) in [5.74, 6) is -0.251. The maximum Gasteiger partial charge on any atom is 0.128 e. The van der Waals surface area contributed by atoms with Crippen LogP contribution in [0.15, 0.2) is 54.6 Å². The summed E-state index contributed by atoms with van der Waals surface area (Å²) in [5.41, 5.74) is 7.51. The minimum Gasteiger partial charge on any atom is -0.367 e. The minimum absolute atomic E-state index is 0.158. The van der Waals surface area contributed by atoms with Crippen molar-refractivity contribution in [3.8, 4) is 0 Å². The molecule has 0 bridgehead atoms. The van der Waals surface area contributed by atoms with E-state index in [1.54, 1.807) is 18.2 Å². The molecule has 0 aliphatic carbocycles. The van der Waals surface area contributed by atoms with Gasteiger partial charge in [0.1, 0.15) is 5.82 Å². The molecule has 0 aliphatic heterocycles. The standard InChI is InChI=1S/C16H18FNO/c1-12(18)16(13-7-3-2-4-8-13)19-11-14-9-5-6-10-15(14)17/h2-10,12,16H,11,18H2,1H3. The zero-order chi connectivity index (χ0) is 13.7. The van der Waals surface area contributed by atoms with E-state index in [-0.39, 0.29) is 24.6 Å². The van der Waals surface area contributed by atoms with Crippen LogP contribution < -0.4 is 5.73 Å². The highest BCUT2D eigenvalue weighted by molar-refractivity contribution is 5.20. The van der Waals surface area contributed by atoms with Gasteiger partial charge in [-0.25, -0.2) is 4.39 Å². The van der Waals surface area contributed by atoms with Gasteiger partial charge in [0.2, 0.25) is 0 Å². The average Bonchev–Trinajstić information content (AvgIpc) is 2.42. The van der Waals surface area contributed by atoms with Gasteiger partial charge in [-0.1, -0.05) is 48.5 Å². The summed E-state index contributed by atoms with van der Waals surface area (Å²) in [6.07, 6.45) is -0.235. The van der Waals surface area contributed by atoms with Gasteiger partial charge >= 0.3 is 0 Å². The maximum atomic E-state index is 13.5. The fourth-order valence-electron chi connectivity index (χ4n) is 1.99. The van der Waals surface area contributed by atoms with Crippen molar-refractivity contribution in [1.82, 2.24) is 0 Å². The number of hydrogen-bond donors (Lipinski definition) is 1. The Balaban J connectivity index is 2.09. The Bertz CT molecular complexity index is 513. The summed E-state index contributed by atoms with van der Waals surface area (Å²) in [4.78, 5) is 0. The van der Waals surface area contributed by atoms with Crippen LogP contribution >= 0.6 is 0 Å². The first-order valence-electron chi connectivity index (χ1n) is 6.34. The zero-order valence-electron chi connectivity index (χ0n) is 10.9. The van der Waals surface area contributed by atoms with Gasteiger partial charge in [0, 0.05) is 11.6 Å². The van der Waals surface area contributed by atoms with Gasteiger partial charge in [-0.05, 0) is 18.6 Å². The van der Waals surface area contributed by atoms with E-state index in [1.165, 1.54) is 6.07 Å². The van der Waals surface area contributed by atoms with Crippen LogP contribution in [0, 0.1) is 5.82 Å². The zero-order valence-corrected chi connectivity index (χ0v) is 10.9. The second kappa shape index (κ2) is 6.45. The van der Waals surface area contributed by atoms with Crippen LogP contribution in [0.25, 0.3) is 0 Å². The van der Waals surface area contributed by atoms with Crippen LogP contribution in [-0.4, -0.2) is 6.04 Å². The molecule has 2 N–H and O–H groups in total. The van der Waals surface area contributed by atoms with E-state index < -0.39 is 0 Å². The van der Waals surface area contributed by atoms with Crippen molar-refractivity contribution in [3.05, 3.63) is 71.5 Å². The van der Waals surface area contributed by atoms with Gasteiger partial charge < -0.3 is 10.5 Å². The van der Waals surface area contributed by atoms with Crippen LogP contribution in [-0.2, 0) is 11.3 Å². The third-order valence-electron chi connectivity index (χ3n) is 2.98. The molecular weight excluding hydrogens is 241 g/mol. The van der Waals surface area contributed by atoms with Gasteiger partial charge in [0.05, 0.1) is 12.7 Å². The average molecular weight is 259 g/mol. The Hall–Kier alpha value is -1.71. The van der Waals surface area contributed by atoms with Crippen molar-refractivity contribution >= 4 is 0 Å². The molecule has 0 spiro atoms. The number of rotatable bonds is 5. The van der Waals surface area contributed by atoms with Gasteiger partial charge in [-0.2, -0.15) is 0 Å². The molecule has 2 unspecified atom stereocenters. The molecule has 0 saturated carbocycles. The fraction of sp³-hybridized carbons (Fsp3) is 0.250. The highest BCUT2D eigenvalue weighted by atomic mass is 19.1. The predicted molar refractivity (Wildman–Crippen MR) is 74.0 cm³/mol. The van der Waals surface area contributed by atoms with Gasteiger partial charge in [-0.3, -0.25) is 0 Å². The maximum absolute atomic E-state index is 13.5. The molecule has 19 heavy (non-hydrogen) atoms. The summed E-state index contributed by atoms with van der Waals surface area (Å²) >= 11 is 0. The molecule has 2 aromatic rings. The van der Waals surface area contributed by atoms with Gasteiger partial charge in [0.25, 0.3) is 0 Å². The lowest BCUT2D eigenvalue weighted by molar-refractivity contribution is 0.0245. The first-order chi connectivity index (χ1) is 9.18. The van der Waals surface area contributed by atoms with E-state index in [1.807, 2.05) is 37.3 Å². The Morgan fingerprint density at radius 2 is 1.68 bits per heavy atom. The third kappa shape index (κ3) is 3.63. The highest BCUT2D eigenvalue weighted by Gasteiger charge is 2.17. The van der Waals surface area contributed by atoms with Crippen LogP contribution in [0.2, 0.25) is 0 Å². The number of ether oxygens (including phenoxy) is 1. The van der Waals surface area contributed by atoms with Gasteiger partial charge in [-0.15, -0.1) is 0 Å². The normalized spacial score (nSPS) is 14.1. The Morgan fingerprint density at radius 1 is 1.05 bits per heavy atom. The second-order valence-corrected chi connectivity index (χ2v) is 4.59. The lowest BCUT2D eigenvalue weighted by Gasteiger charge is -2.22. The molecule has 2 atom stereocenters. The van der Waals surface area contributed by atoms with Crippen molar-refractivity contribution in [3.63, 3.8) is 0 Å². The Labute approximate surface area is 113 Å².